The minimum Gasteiger partial charge on any atom is -0.394 e. The van der Waals surface area contributed by atoms with Crippen molar-refractivity contribution < 1.29 is 24.9 Å². The van der Waals surface area contributed by atoms with Gasteiger partial charge >= 0.3 is 5.69 Å². The van der Waals surface area contributed by atoms with E-state index in [-0.39, 0.29) is 11.4 Å². The number of anilines is 2. The molecule has 2 aromatic heterocycles. The van der Waals surface area contributed by atoms with Gasteiger partial charge in [-0.1, -0.05) is 0 Å². The van der Waals surface area contributed by atoms with Crippen molar-refractivity contribution in [1.29, 1.82) is 0 Å². The van der Waals surface area contributed by atoms with Crippen molar-refractivity contribution in [3.05, 3.63) is 46.6 Å². The summed E-state index contributed by atoms with van der Waals surface area (Å²) >= 11 is 0. The average molecular weight is 378 g/mol. The fraction of sp³-hybridized carbons (Fsp3) is 0.333. The Hall–Kier alpha value is -2.90. The summed E-state index contributed by atoms with van der Waals surface area (Å²) < 4.78 is 6.24. The molecule has 0 aliphatic carbocycles. The Bertz CT molecular complexity index is 872. The number of carbonyl (C=O) groups excluding carboxylic acids is 1. The van der Waals surface area contributed by atoms with Gasteiger partial charge in [-0.25, -0.2) is 15.6 Å². The van der Waals surface area contributed by atoms with Gasteiger partial charge in [-0.05, 0) is 18.2 Å². The van der Waals surface area contributed by atoms with Gasteiger partial charge in [-0.3, -0.25) is 9.36 Å². The lowest BCUT2D eigenvalue weighted by Crippen LogP contribution is -2.36. The summed E-state index contributed by atoms with van der Waals surface area (Å²) in [6.07, 6.45) is -2.43. The fourth-order valence-electron chi connectivity index (χ4n) is 2.59. The highest BCUT2D eigenvalue weighted by Gasteiger charge is 2.43. The van der Waals surface area contributed by atoms with Crippen LogP contribution >= 0.6 is 0 Å². The topological polar surface area (TPSA) is 185 Å². The number of pyridine rings is 1. The maximum Gasteiger partial charge on any atom is 0.351 e. The van der Waals surface area contributed by atoms with E-state index < -0.39 is 42.7 Å². The number of nitrogens with zero attached hydrogens (tertiary/aromatic N) is 3. The zero-order valence-corrected chi connectivity index (χ0v) is 13.9. The van der Waals surface area contributed by atoms with Crippen molar-refractivity contribution in [2.45, 2.75) is 24.5 Å². The molecule has 7 N–H and O–H groups in total. The highest BCUT2D eigenvalue weighted by Crippen LogP contribution is 2.28. The van der Waals surface area contributed by atoms with E-state index in [9.17, 15) is 19.8 Å². The van der Waals surface area contributed by atoms with Crippen molar-refractivity contribution in [3.63, 3.8) is 0 Å². The second-order valence-corrected chi connectivity index (χ2v) is 5.76. The Morgan fingerprint density at radius 2 is 2.04 bits per heavy atom. The number of aromatic nitrogens is 3. The Balaban J connectivity index is 1.75. The van der Waals surface area contributed by atoms with Crippen LogP contribution in [0.25, 0.3) is 0 Å². The van der Waals surface area contributed by atoms with Crippen LogP contribution in [0.15, 0.2) is 35.4 Å². The van der Waals surface area contributed by atoms with Crippen LogP contribution in [-0.4, -0.2) is 60.7 Å². The van der Waals surface area contributed by atoms with Crippen LogP contribution in [0.5, 0.6) is 0 Å². The molecule has 0 radical (unpaired) electrons. The number of nitrogens with two attached hydrogens (primary N) is 1. The SMILES string of the molecule is NNc1ccc(C(=O)Nc2ccn([C@@H]3O[C@H](CO)[C@@H](O)[C@@H]3O)c(=O)n2)cn1. The average Bonchev–Trinajstić information content (AvgIpc) is 2.96. The van der Waals surface area contributed by atoms with Gasteiger partial charge in [-0.2, -0.15) is 4.98 Å². The lowest BCUT2D eigenvalue weighted by atomic mass is 10.1. The third kappa shape index (κ3) is 3.79. The molecule has 0 aromatic carbocycles. The van der Waals surface area contributed by atoms with Crippen LogP contribution in [-0.2, 0) is 4.74 Å². The Labute approximate surface area is 152 Å². The minimum absolute atomic E-state index is 0.0194. The molecule has 1 fully saturated rings. The van der Waals surface area contributed by atoms with E-state index in [0.717, 1.165) is 4.57 Å². The summed E-state index contributed by atoms with van der Waals surface area (Å²) in [4.78, 5) is 32.0. The number of hydrogen-bond acceptors (Lipinski definition) is 10. The number of hydrogen-bond donors (Lipinski definition) is 6. The largest absolute Gasteiger partial charge is 0.394 e. The van der Waals surface area contributed by atoms with E-state index in [1.54, 1.807) is 0 Å². The highest BCUT2D eigenvalue weighted by molar-refractivity contribution is 6.03. The molecular weight excluding hydrogens is 360 g/mol. The molecular formula is C15H18N6O6. The number of aliphatic hydroxyl groups is 3. The van der Waals surface area contributed by atoms with Crippen molar-refractivity contribution in [2.75, 3.05) is 17.3 Å². The molecule has 12 nitrogen and oxygen atoms in total. The smallest absolute Gasteiger partial charge is 0.351 e. The summed E-state index contributed by atoms with van der Waals surface area (Å²) in [5, 5.41) is 31.3. The first-order chi connectivity index (χ1) is 12.9. The van der Waals surface area contributed by atoms with Gasteiger partial charge in [0.15, 0.2) is 6.23 Å². The number of rotatable bonds is 5. The van der Waals surface area contributed by atoms with Crippen molar-refractivity contribution in [2.24, 2.45) is 5.84 Å². The molecule has 0 unspecified atom stereocenters. The maximum atomic E-state index is 12.2. The maximum absolute atomic E-state index is 12.2. The molecule has 1 amide bonds. The predicted octanol–water partition coefficient (Wildman–Crippen LogP) is -2.21. The number of amides is 1. The number of nitrogens with one attached hydrogen (secondary N) is 2. The first kappa shape index (κ1) is 18.9. The summed E-state index contributed by atoms with van der Waals surface area (Å²) in [6, 6.07) is 4.32. The Morgan fingerprint density at radius 1 is 1.26 bits per heavy atom. The Kier molecular flexibility index (Phi) is 5.43. The van der Waals surface area contributed by atoms with Gasteiger partial charge in [0.1, 0.15) is 29.9 Å². The summed E-state index contributed by atoms with van der Waals surface area (Å²) in [6.45, 7) is -0.516. The van der Waals surface area contributed by atoms with E-state index in [4.69, 9.17) is 15.7 Å². The summed E-state index contributed by atoms with van der Waals surface area (Å²) in [5.74, 6) is 5.02. The number of carbonyl (C=O) groups is 1. The molecule has 1 aliphatic rings. The van der Waals surface area contributed by atoms with E-state index in [0.29, 0.717) is 5.82 Å². The monoisotopic (exact) mass is 378 g/mol. The first-order valence-corrected chi connectivity index (χ1v) is 7.90. The summed E-state index contributed by atoms with van der Waals surface area (Å²) in [5.41, 5.74) is 1.74. The molecule has 3 heterocycles. The van der Waals surface area contributed by atoms with Crippen LogP contribution in [0, 0.1) is 0 Å². The lowest BCUT2D eigenvalue weighted by Gasteiger charge is -2.17. The number of aliphatic hydroxyl groups excluding tert-OH is 3. The molecule has 4 atom stereocenters. The van der Waals surface area contributed by atoms with Gasteiger partial charge < -0.3 is 30.8 Å². The van der Waals surface area contributed by atoms with E-state index in [1.165, 1.54) is 30.6 Å². The summed E-state index contributed by atoms with van der Waals surface area (Å²) in [7, 11) is 0. The zero-order chi connectivity index (χ0) is 19.6. The molecule has 27 heavy (non-hydrogen) atoms. The van der Waals surface area contributed by atoms with Crippen LogP contribution < -0.4 is 22.3 Å². The number of ether oxygens (including phenoxy) is 1. The number of nitrogen functional groups attached to an aromatic ring is 1. The predicted molar refractivity (Wildman–Crippen MR) is 91.5 cm³/mol. The normalized spacial score (nSPS) is 24.6. The van der Waals surface area contributed by atoms with Crippen LogP contribution in [0.1, 0.15) is 16.6 Å². The van der Waals surface area contributed by atoms with Crippen molar-refractivity contribution in [1.82, 2.24) is 14.5 Å². The quantitative estimate of drug-likeness (QED) is 0.246. The van der Waals surface area contributed by atoms with Crippen LogP contribution in [0.2, 0.25) is 0 Å². The molecule has 0 saturated carbocycles. The van der Waals surface area contributed by atoms with Gasteiger partial charge in [0.05, 0.1) is 12.2 Å². The molecule has 1 aliphatic heterocycles. The van der Waals surface area contributed by atoms with E-state index >= 15 is 0 Å². The molecule has 2 aromatic rings. The second kappa shape index (κ2) is 7.77. The fourth-order valence-corrected chi connectivity index (χ4v) is 2.59. The van der Waals surface area contributed by atoms with Crippen LogP contribution in [0.3, 0.4) is 0 Å². The van der Waals surface area contributed by atoms with Gasteiger partial charge in [-0.15, -0.1) is 0 Å². The van der Waals surface area contributed by atoms with Gasteiger partial charge in [0.25, 0.3) is 5.91 Å². The molecule has 144 valence electrons. The molecule has 1 saturated heterocycles. The first-order valence-electron chi connectivity index (χ1n) is 7.90. The number of hydrazine groups is 1. The van der Waals surface area contributed by atoms with E-state index in [1.807, 2.05) is 0 Å². The highest BCUT2D eigenvalue weighted by atomic mass is 16.6. The molecule has 3 rings (SSSR count). The minimum atomic E-state index is -1.41. The van der Waals surface area contributed by atoms with Gasteiger partial charge in [0.2, 0.25) is 0 Å². The second-order valence-electron chi connectivity index (χ2n) is 5.76. The standard InChI is InChI=1S/C15H18N6O6/c16-20-9-2-1-7(5-17-9)13(25)18-10-3-4-21(15(26)19-10)14-12(24)11(23)8(6-22)27-14/h1-5,8,11-12,14,22-24H,6,16H2,(H,17,20)(H,18,19,25,26)/t8-,11-,12+,14-/m1/s1. The molecule has 0 spiro atoms. The lowest BCUT2D eigenvalue weighted by molar-refractivity contribution is -0.0549. The van der Waals surface area contributed by atoms with E-state index in [2.05, 4.69) is 20.7 Å². The Morgan fingerprint density at radius 3 is 2.59 bits per heavy atom. The van der Waals surface area contributed by atoms with Crippen LogP contribution in [0.4, 0.5) is 11.6 Å². The molecule has 0 bridgehead atoms. The third-order valence-corrected chi connectivity index (χ3v) is 4.04. The van der Waals surface area contributed by atoms with Gasteiger partial charge in [0, 0.05) is 12.4 Å². The molecule has 12 heteroatoms. The zero-order valence-electron chi connectivity index (χ0n) is 13.9. The van der Waals surface area contributed by atoms with Crippen molar-refractivity contribution >= 4 is 17.5 Å². The third-order valence-electron chi connectivity index (χ3n) is 4.04. The van der Waals surface area contributed by atoms with Crippen molar-refractivity contribution in [3.8, 4) is 0 Å².